The second kappa shape index (κ2) is 4.73. The smallest absolute Gasteiger partial charge is 0.115 e. The third-order valence-corrected chi connectivity index (χ3v) is 7.65. The van der Waals surface area contributed by atoms with Gasteiger partial charge in [-0.05, 0) is 66.1 Å². The van der Waals surface area contributed by atoms with E-state index in [-0.39, 0.29) is 28.6 Å². The molecule has 2 fully saturated rings. The van der Waals surface area contributed by atoms with E-state index in [9.17, 15) is 15.3 Å². The van der Waals surface area contributed by atoms with Crippen LogP contribution in [0, 0.1) is 34.5 Å². The van der Waals surface area contributed by atoms with Crippen molar-refractivity contribution < 1.29 is 15.3 Å². The molecule has 3 N–H and O–H groups in total. The van der Waals surface area contributed by atoms with Crippen molar-refractivity contribution in [3.8, 4) is 0 Å². The van der Waals surface area contributed by atoms with E-state index in [1.54, 1.807) is 12.2 Å². The summed E-state index contributed by atoms with van der Waals surface area (Å²) in [6, 6.07) is 0. The zero-order valence-corrected chi connectivity index (χ0v) is 14.2. The fourth-order valence-corrected chi connectivity index (χ4v) is 6.29. The van der Waals surface area contributed by atoms with Crippen LogP contribution in [0.4, 0.5) is 0 Å². The summed E-state index contributed by atoms with van der Waals surface area (Å²) in [7, 11) is 0. The lowest BCUT2D eigenvalue weighted by Crippen LogP contribution is -2.53. The highest BCUT2D eigenvalue weighted by Crippen LogP contribution is 2.64. The topological polar surface area (TPSA) is 60.7 Å². The van der Waals surface area contributed by atoms with Gasteiger partial charge in [-0.3, -0.25) is 0 Å². The van der Waals surface area contributed by atoms with E-state index in [1.165, 1.54) is 0 Å². The van der Waals surface area contributed by atoms with Crippen LogP contribution in [0.15, 0.2) is 35.6 Å². The van der Waals surface area contributed by atoms with Crippen molar-refractivity contribution in [3.05, 3.63) is 35.6 Å². The summed E-state index contributed by atoms with van der Waals surface area (Å²) in [5, 5.41) is 31.4. The Morgan fingerprint density at radius 3 is 2.65 bits per heavy atom. The molecule has 23 heavy (non-hydrogen) atoms. The van der Waals surface area contributed by atoms with Crippen LogP contribution in [-0.4, -0.2) is 27.5 Å². The summed E-state index contributed by atoms with van der Waals surface area (Å²) < 4.78 is 0. The first-order chi connectivity index (χ1) is 10.8. The first-order valence-electron chi connectivity index (χ1n) is 8.96. The predicted octanol–water partition coefficient (Wildman–Crippen LogP) is 3.35. The molecule has 0 aliphatic heterocycles. The van der Waals surface area contributed by atoms with Crippen LogP contribution in [-0.2, 0) is 0 Å². The lowest BCUT2D eigenvalue weighted by molar-refractivity contribution is -0.0904. The maximum atomic E-state index is 10.9. The van der Waals surface area contributed by atoms with Crippen molar-refractivity contribution >= 4 is 0 Å². The molecule has 0 spiro atoms. The highest BCUT2D eigenvalue weighted by molar-refractivity contribution is 5.44. The molecule has 3 nitrogen and oxygen atoms in total. The largest absolute Gasteiger partial charge is 0.508 e. The Bertz CT molecular complexity index is 618. The van der Waals surface area contributed by atoms with Gasteiger partial charge < -0.3 is 15.3 Å². The molecule has 0 aromatic rings. The molecule has 0 saturated heterocycles. The van der Waals surface area contributed by atoms with E-state index >= 15 is 0 Å². The normalized spacial score (nSPS) is 54.7. The number of hydrogen-bond acceptors (Lipinski definition) is 3. The van der Waals surface area contributed by atoms with E-state index in [1.807, 2.05) is 6.08 Å². The van der Waals surface area contributed by atoms with Crippen LogP contribution in [0.25, 0.3) is 0 Å². The maximum absolute atomic E-state index is 10.9. The lowest BCUT2D eigenvalue weighted by Gasteiger charge is -2.56. The number of aliphatic hydroxyl groups is 3. The molecule has 0 radical (unpaired) electrons. The Morgan fingerprint density at radius 1 is 1.17 bits per heavy atom. The van der Waals surface area contributed by atoms with Gasteiger partial charge in [-0.25, -0.2) is 0 Å². The van der Waals surface area contributed by atoms with Gasteiger partial charge in [0.1, 0.15) is 5.76 Å². The molecule has 2 saturated carbocycles. The molecule has 0 heterocycles. The first-order valence-corrected chi connectivity index (χ1v) is 8.96. The van der Waals surface area contributed by atoms with Crippen LogP contribution in [0.5, 0.6) is 0 Å². The minimum atomic E-state index is -0.485. The fourth-order valence-electron chi connectivity index (χ4n) is 6.29. The molecular formula is C20H28O3. The average Bonchev–Trinajstić information content (AvgIpc) is 2.73. The molecule has 0 amide bonds. The number of hydrogen-bond donors (Lipinski definition) is 3. The number of fused-ring (bicyclic) bond motifs is 5. The zero-order chi connectivity index (χ0) is 16.6. The Balaban J connectivity index is 1.78. The summed E-state index contributed by atoms with van der Waals surface area (Å²) in [5.41, 5.74) is 0.856. The van der Waals surface area contributed by atoms with Crippen molar-refractivity contribution in [3.63, 3.8) is 0 Å². The predicted molar refractivity (Wildman–Crippen MR) is 89.6 cm³/mol. The number of aliphatic hydroxyl groups excluding tert-OH is 3. The first kappa shape index (κ1) is 15.5. The minimum absolute atomic E-state index is 0.0698. The van der Waals surface area contributed by atoms with Gasteiger partial charge in [-0.1, -0.05) is 32.9 Å². The Hall–Kier alpha value is -1.06. The Kier molecular flexibility index (Phi) is 3.18. The molecule has 3 heteroatoms. The number of allylic oxidation sites excluding steroid dienone is 4. The SMILES string of the molecule is C[C@@H]1CC2C3C(O)C=C4C=C(O)C=C[C@]4(C)C3CC[C@]2(C)[C@H]1O. The molecule has 0 bridgehead atoms. The van der Waals surface area contributed by atoms with E-state index < -0.39 is 6.10 Å². The van der Waals surface area contributed by atoms with Crippen LogP contribution in [0.3, 0.4) is 0 Å². The van der Waals surface area contributed by atoms with Gasteiger partial charge in [0.25, 0.3) is 0 Å². The number of rotatable bonds is 0. The molecule has 8 atom stereocenters. The van der Waals surface area contributed by atoms with Gasteiger partial charge in [0, 0.05) is 5.41 Å². The Labute approximate surface area is 138 Å². The third kappa shape index (κ3) is 1.90. The molecule has 4 rings (SSSR count). The van der Waals surface area contributed by atoms with E-state index in [0.717, 1.165) is 24.8 Å². The molecule has 126 valence electrons. The fraction of sp³-hybridized carbons (Fsp3) is 0.700. The van der Waals surface area contributed by atoms with Gasteiger partial charge in [-0.15, -0.1) is 0 Å². The molecule has 0 aromatic heterocycles. The van der Waals surface area contributed by atoms with Gasteiger partial charge in [0.15, 0.2) is 0 Å². The third-order valence-electron chi connectivity index (χ3n) is 7.65. The zero-order valence-electron chi connectivity index (χ0n) is 14.2. The molecular weight excluding hydrogens is 288 g/mol. The molecule has 4 aliphatic rings. The minimum Gasteiger partial charge on any atom is -0.508 e. The molecule has 4 aliphatic carbocycles. The van der Waals surface area contributed by atoms with E-state index in [2.05, 4.69) is 26.8 Å². The van der Waals surface area contributed by atoms with Crippen LogP contribution >= 0.6 is 0 Å². The van der Waals surface area contributed by atoms with Gasteiger partial charge in [0.2, 0.25) is 0 Å². The van der Waals surface area contributed by atoms with Crippen molar-refractivity contribution in [1.29, 1.82) is 0 Å². The van der Waals surface area contributed by atoms with Crippen molar-refractivity contribution in [2.75, 3.05) is 0 Å². The second-order valence-corrected chi connectivity index (χ2v) is 8.79. The highest BCUT2D eigenvalue weighted by atomic mass is 16.3. The monoisotopic (exact) mass is 316 g/mol. The van der Waals surface area contributed by atoms with Crippen LogP contribution < -0.4 is 0 Å². The van der Waals surface area contributed by atoms with Crippen molar-refractivity contribution in [2.45, 2.75) is 52.2 Å². The Morgan fingerprint density at radius 2 is 1.91 bits per heavy atom. The van der Waals surface area contributed by atoms with Crippen molar-refractivity contribution in [1.82, 2.24) is 0 Å². The second-order valence-electron chi connectivity index (χ2n) is 8.79. The van der Waals surface area contributed by atoms with Crippen molar-refractivity contribution in [2.24, 2.45) is 34.5 Å². The standard InChI is InChI=1S/C20H28O3/c1-11-8-15-17-14(5-7-20(15,3)18(11)23)19(2)6-4-13(21)9-12(19)10-16(17)22/h4,6,9-11,14-18,21-23H,5,7-8H2,1-3H3/t11-,14?,15?,16?,17?,18+,19+,20+/m1/s1. The summed E-state index contributed by atoms with van der Waals surface area (Å²) in [5.74, 6) is 1.50. The van der Waals surface area contributed by atoms with Gasteiger partial charge in [-0.2, -0.15) is 0 Å². The van der Waals surface area contributed by atoms with Gasteiger partial charge >= 0.3 is 0 Å². The molecule has 0 aromatic carbocycles. The summed E-state index contributed by atoms with van der Waals surface area (Å²) >= 11 is 0. The summed E-state index contributed by atoms with van der Waals surface area (Å²) in [4.78, 5) is 0. The average molecular weight is 316 g/mol. The summed E-state index contributed by atoms with van der Waals surface area (Å²) in [6.45, 7) is 6.60. The quantitative estimate of drug-likeness (QED) is 0.642. The maximum Gasteiger partial charge on any atom is 0.115 e. The lowest BCUT2D eigenvalue weighted by atomic mass is 9.49. The van der Waals surface area contributed by atoms with E-state index in [0.29, 0.717) is 17.8 Å². The van der Waals surface area contributed by atoms with E-state index in [4.69, 9.17) is 0 Å². The van der Waals surface area contributed by atoms with Crippen LogP contribution in [0.1, 0.15) is 40.0 Å². The van der Waals surface area contributed by atoms with Gasteiger partial charge in [0.05, 0.1) is 12.2 Å². The summed E-state index contributed by atoms with van der Waals surface area (Å²) in [6.07, 6.45) is 9.96. The van der Waals surface area contributed by atoms with Crippen LogP contribution in [0.2, 0.25) is 0 Å². The molecule has 4 unspecified atom stereocenters. The highest BCUT2D eigenvalue weighted by Gasteiger charge is 2.61.